The maximum Gasteiger partial charge on any atom is 0.228 e. The van der Waals surface area contributed by atoms with E-state index in [1.807, 2.05) is 79.4 Å². The van der Waals surface area contributed by atoms with Crippen LogP contribution in [0.4, 0.5) is 5.69 Å². The largest absolute Gasteiger partial charge is 0.326 e. The first kappa shape index (κ1) is 20.3. The Morgan fingerprint density at radius 1 is 1.10 bits per heavy atom. The van der Waals surface area contributed by atoms with Crippen molar-refractivity contribution in [1.29, 1.82) is 0 Å². The molecule has 4 aromatic rings. The van der Waals surface area contributed by atoms with Crippen molar-refractivity contribution < 1.29 is 4.79 Å². The molecule has 2 aromatic carbocycles. The fraction of sp³-hybridized carbons (Fsp3) is 0.174. The van der Waals surface area contributed by atoms with Crippen LogP contribution in [0.5, 0.6) is 0 Å². The van der Waals surface area contributed by atoms with Crippen molar-refractivity contribution in [3.63, 3.8) is 0 Å². The normalized spacial score (nSPS) is 10.9. The van der Waals surface area contributed by atoms with Gasteiger partial charge in [-0.05, 0) is 44.5 Å². The molecule has 0 atom stereocenters. The lowest BCUT2D eigenvalue weighted by molar-refractivity contribution is -0.115. The van der Waals surface area contributed by atoms with Gasteiger partial charge in [-0.1, -0.05) is 41.9 Å². The highest BCUT2D eigenvalue weighted by atomic mass is 35.5. The molecule has 0 fully saturated rings. The molecule has 0 aliphatic rings. The van der Waals surface area contributed by atoms with Crippen molar-refractivity contribution in [2.24, 2.45) is 0 Å². The molecule has 2 aromatic heterocycles. The van der Waals surface area contributed by atoms with E-state index >= 15 is 0 Å². The molecule has 5 nitrogen and oxygen atoms in total. The van der Waals surface area contributed by atoms with Crippen molar-refractivity contribution in [1.82, 2.24) is 14.8 Å². The minimum atomic E-state index is -0.0592. The third-order valence-corrected chi connectivity index (χ3v) is 6.08. The van der Waals surface area contributed by atoms with Gasteiger partial charge in [0.15, 0.2) is 0 Å². The van der Waals surface area contributed by atoms with E-state index in [0.717, 1.165) is 44.6 Å². The summed E-state index contributed by atoms with van der Waals surface area (Å²) in [5.41, 5.74) is 6.41. The van der Waals surface area contributed by atoms with E-state index < -0.39 is 0 Å². The predicted molar refractivity (Wildman–Crippen MR) is 123 cm³/mol. The van der Waals surface area contributed by atoms with E-state index in [9.17, 15) is 4.79 Å². The molecular formula is C23H21ClN4OS. The maximum atomic E-state index is 12.6. The van der Waals surface area contributed by atoms with Crippen LogP contribution in [0.2, 0.25) is 5.02 Å². The van der Waals surface area contributed by atoms with Crippen LogP contribution < -0.4 is 5.32 Å². The lowest BCUT2D eigenvalue weighted by Crippen LogP contribution is -2.16. The van der Waals surface area contributed by atoms with Crippen LogP contribution in [-0.4, -0.2) is 20.7 Å². The first-order chi connectivity index (χ1) is 14.4. The number of aryl methyl sites for hydroxylation is 2. The average Bonchev–Trinajstić information content (AvgIpc) is 3.31. The molecular weight excluding hydrogens is 416 g/mol. The molecule has 0 saturated heterocycles. The van der Waals surface area contributed by atoms with Crippen LogP contribution in [0.1, 0.15) is 22.5 Å². The highest BCUT2D eigenvalue weighted by molar-refractivity contribution is 7.12. The molecule has 30 heavy (non-hydrogen) atoms. The van der Waals surface area contributed by atoms with Gasteiger partial charge in [-0.3, -0.25) is 4.79 Å². The summed E-state index contributed by atoms with van der Waals surface area (Å²) in [4.78, 5) is 17.4. The molecule has 152 valence electrons. The zero-order chi connectivity index (χ0) is 21.3. The van der Waals surface area contributed by atoms with Crippen molar-refractivity contribution in [3.8, 4) is 16.4 Å². The van der Waals surface area contributed by atoms with Gasteiger partial charge in [0.2, 0.25) is 11.0 Å². The number of anilines is 1. The summed E-state index contributed by atoms with van der Waals surface area (Å²) in [5.74, 6) is -0.0592. The highest BCUT2D eigenvalue weighted by Crippen LogP contribution is 2.27. The maximum absolute atomic E-state index is 12.6. The van der Waals surface area contributed by atoms with Gasteiger partial charge in [-0.2, -0.15) is 5.10 Å². The number of rotatable bonds is 5. The number of nitrogens with one attached hydrogen (secondary N) is 1. The van der Waals surface area contributed by atoms with Crippen LogP contribution >= 0.6 is 22.9 Å². The Morgan fingerprint density at radius 3 is 2.57 bits per heavy atom. The van der Waals surface area contributed by atoms with Gasteiger partial charge in [0.25, 0.3) is 0 Å². The van der Waals surface area contributed by atoms with E-state index in [-0.39, 0.29) is 12.3 Å². The Balaban J connectivity index is 1.56. The van der Waals surface area contributed by atoms with Gasteiger partial charge >= 0.3 is 0 Å². The third-order valence-electron chi connectivity index (χ3n) is 5.01. The van der Waals surface area contributed by atoms with Crippen molar-refractivity contribution in [2.45, 2.75) is 27.2 Å². The van der Waals surface area contributed by atoms with Crippen LogP contribution in [0.25, 0.3) is 16.4 Å². The topological polar surface area (TPSA) is 59.8 Å². The summed E-state index contributed by atoms with van der Waals surface area (Å²) >= 11 is 7.49. The number of amides is 1. The van der Waals surface area contributed by atoms with Crippen LogP contribution in [-0.2, 0) is 11.2 Å². The van der Waals surface area contributed by atoms with E-state index in [2.05, 4.69) is 10.4 Å². The molecule has 0 spiro atoms. The second kappa shape index (κ2) is 8.42. The number of hydrogen-bond acceptors (Lipinski definition) is 4. The van der Waals surface area contributed by atoms with Gasteiger partial charge in [0, 0.05) is 32.9 Å². The Kier molecular flexibility index (Phi) is 5.70. The van der Waals surface area contributed by atoms with Gasteiger partial charge < -0.3 is 5.32 Å². The fourth-order valence-electron chi connectivity index (χ4n) is 3.30. The zero-order valence-corrected chi connectivity index (χ0v) is 18.5. The molecule has 1 N–H and O–H groups in total. The Hall–Kier alpha value is -2.96. The number of hydrogen-bond donors (Lipinski definition) is 1. The molecule has 4 rings (SSSR count). The van der Waals surface area contributed by atoms with Gasteiger partial charge in [-0.15, -0.1) is 11.3 Å². The van der Waals surface area contributed by atoms with Crippen LogP contribution in [0.3, 0.4) is 0 Å². The molecule has 1 amide bonds. The molecule has 2 heterocycles. The summed E-state index contributed by atoms with van der Waals surface area (Å²) in [7, 11) is 0. The predicted octanol–water partition coefficient (Wildman–Crippen LogP) is 5.76. The van der Waals surface area contributed by atoms with Gasteiger partial charge in [0.05, 0.1) is 17.8 Å². The number of benzene rings is 2. The standard InChI is InChI=1S/C23H21ClN4OS/c1-14-6-4-5-7-20(14)25-22(29)12-19-15(2)27-28(16(19)3)23-26-21(13-30-23)17-8-10-18(24)11-9-17/h4-11,13H,12H2,1-3H3,(H,25,29). The van der Waals surface area contributed by atoms with E-state index in [1.165, 1.54) is 11.3 Å². The summed E-state index contributed by atoms with van der Waals surface area (Å²) in [5, 5.41) is 11.1. The fourth-order valence-corrected chi connectivity index (χ4v) is 4.26. The lowest BCUT2D eigenvalue weighted by atomic mass is 10.1. The monoisotopic (exact) mass is 436 g/mol. The van der Waals surface area contributed by atoms with E-state index in [1.54, 1.807) is 0 Å². The molecule has 0 saturated carbocycles. The van der Waals surface area contributed by atoms with Crippen LogP contribution in [0, 0.1) is 20.8 Å². The zero-order valence-electron chi connectivity index (χ0n) is 16.9. The van der Waals surface area contributed by atoms with Crippen molar-refractivity contribution >= 4 is 34.5 Å². The number of carbonyl (C=O) groups is 1. The minimum absolute atomic E-state index is 0.0592. The molecule has 0 radical (unpaired) electrons. The number of halogens is 1. The molecule has 7 heteroatoms. The smallest absolute Gasteiger partial charge is 0.228 e. The Morgan fingerprint density at radius 2 is 1.83 bits per heavy atom. The SMILES string of the molecule is Cc1ccccc1NC(=O)Cc1c(C)nn(-c2nc(-c3ccc(Cl)cc3)cs2)c1C. The summed E-state index contributed by atoms with van der Waals surface area (Å²) in [6.45, 7) is 5.87. The molecule has 0 unspecified atom stereocenters. The second-order valence-electron chi connectivity index (χ2n) is 7.12. The first-order valence-electron chi connectivity index (χ1n) is 9.55. The number of thiazole rings is 1. The van der Waals surface area contributed by atoms with Crippen molar-refractivity contribution in [2.75, 3.05) is 5.32 Å². The minimum Gasteiger partial charge on any atom is -0.326 e. The number of para-hydroxylation sites is 1. The molecule has 0 aliphatic heterocycles. The third kappa shape index (κ3) is 4.15. The lowest BCUT2D eigenvalue weighted by Gasteiger charge is -2.08. The van der Waals surface area contributed by atoms with E-state index in [0.29, 0.717) is 5.02 Å². The number of nitrogens with zero attached hydrogens (tertiary/aromatic N) is 3. The quantitative estimate of drug-likeness (QED) is 0.433. The van der Waals surface area contributed by atoms with Gasteiger partial charge in [-0.25, -0.2) is 9.67 Å². The Labute approximate surface area is 184 Å². The summed E-state index contributed by atoms with van der Waals surface area (Å²) in [6.07, 6.45) is 0.265. The summed E-state index contributed by atoms with van der Waals surface area (Å²) in [6, 6.07) is 15.4. The van der Waals surface area contributed by atoms with Crippen molar-refractivity contribution in [3.05, 3.63) is 81.4 Å². The average molecular weight is 437 g/mol. The van der Waals surface area contributed by atoms with E-state index in [4.69, 9.17) is 16.6 Å². The second-order valence-corrected chi connectivity index (χ2v) is 8.40. The Bertz CT molecular complexity index is 1210. The van der Waals surface area contributed by atoms with Crippen LogP contribution in [0.15, 0.2) is 53.9 Å². The summed E-state index contributed by atoms with van der Waals surface area (Å²) < 4.78 is 1.82. The molecule has 0 aliphatic carbocycles. The number of carbonyl (C=O) groups excluding carboxylic acids is 1. The number of aromatic nitrogens is 3. The highest BCUT2D eigenvalue weighted by Gasteiger charge is 2.18. The molecule has 0 bridgehead atoms. The van der Waals surface area contributed by atoms with Gasteiger partial charge in [0.1, 0.15) is 0 Å². The first-order valence-corrected chi connectivity index (χ1v) is 10.8.